The second-order valence-electron chi connectivity index (χ2n) is 28.2. The van der Waals surface area contributed by atoms with Crippen molar-refractivity contribution in [2.45, 2.75) is 0 Å². The molecule has 13 nitrogen and oxygen atoms in total. The largest absolute Gasteiger partial charge is 0.255 e. The molecule has 13 aromatic carbocycles. The maximum absolute atomic E-state index is 5.36. The van der Waals surface area contributed by atoms with Gasteiger partial charge >= 0.3 is 0 Å². The van der Waals surface area contributed by atoms with Crippen molar-refractivity contribution in [2.24, 2.45) is 0 Å². The highest BCUT2D eigenvalue weighted by Crippen LogP contribution is 2.45. The summed E-state index contributed by atoms with van der Waals surface area (Å²) in [6.07, 6.45) is 3.59. The highest BCUT2D eigenvalue weighted by Gasteiger charge is 2.25. The molecule has 0 atom stereocenters. The first-order valence-corrected chi connectivity index (χ1v) is 37.9. The summed E-state index contributed by atoms with van der Waals surface area (Å²) in [5.41, 5.74) is 28.0. The van der Waals surface area contributed by atoms with E-state index in [0.717, 1.165) is 211 Å². The molecule has 0 saturated carbocycles. The molecule has 0 radical (unpaired) electrons. The number of aromatic nitrogens is 13. The topological polar surface area (TPSA) is 152 Å². The average molecular weight is 1460 g/mol. The van der Waals surface area contributed by atoms with Crippen molar-refractivity contribution in [3.05, 3.63) is 382 Å². The van der Waals surface area contributed by atoms with Crippen LogP contribution < -0.4 is 0 Å². The van der Waals surface area contributed by atoms with Crippen molar-refractivity contribution in [3.63, 3.8) is 0 Å². The molecule has 22 aromatic rings. The van der Waals surface area contributed by atoms with Crippen molar-refractivity contribution < 1.29 is 0 Å². The fourth-order valence-electron chi connectivity index (χ4n) is 15.6. The maximum Gasteiger partial charge on any atom is 0.122 e. The summed E-state index contributed by atoms with van der Waals surface area (Å²) >= 11 is 0. The Hall–Kier alpha value is -15.7. The Morgan fingerprint density at radius 1 is 0.193 bits per heavy atom. The minimum Gasteiger partial charge on any atom is -0.255 e. The van der Waals surface area contributed by atoms with E-state index in [0.29, 0.717) is 0 Å². The van der Waals surface area contributed by atoms with E-state index in [4.69, 9.17) is 45.3 Å². The lowest BCUT2D eigenvalue weighted by Gasteiger charge is -2.14. The third-order valence-electron chi connectivity index (χ3n) is 21.2. The normalized spacial score (nSPS) is 11.5. The van der Waals surface area contributed by atoms with E-state index >= 15 is 0 Å². The van der Waals surface area contributed by atoms with Gasteiger partial charge in [0.25, 0.3) is 0 Å². The second kappa shape index (κ2) is 28.4. The lowest BCUT2D eigenvalue weighted by Crippen LogP contribution is -1.97. The highest BCUT2D eigenvalue weighted by molar-refractivity contribution is 6.25. The Morgan fingerprint density at radius 2 is 0.553 bits per heavy atom. The molecule has 0 spiro atoms. The van der Waals surface area contributed by atoms with E-state index in [1.54, 1.807) is 22.0 Å². The first-order valence-electron chi connectivity index (χ1n) is 37.9. The quantitative estimate of drug-likeness (QED) is 0.107. The lowest BCUT2D eigenvalue weighted by molar-refractivity contribution is 0.766. The zero-order valence-electron chi connectivity index (χ0n) is 61.2. The molecule has 0 N–H and O–H groups in total. The molecule has 9 heterocycles. The highest BCUT2D eigenvalue weighted by atomic mass is 15.5. The van der Waals surface area contributed by atoms with Crippen LogP contribution in [0.25, 0.3) is 211 Å². The van der Waals surface area contributed by atoms with Crippen LogP contribution in [0.2, 0.25) is 0 Å². The molecule has 22 rings (SSSR count). The molecule has 0 unspecified atom stereocenters. The van der Waals surface area contributed by atoms with Gasteiger partial charge in [0.2, 0.25) is 0 Å². The van der Waals surface area contributed by atoms with E-state index in [9.17, 15) is 0 Å². The van der Waals surface area contributed by atoms with Gasteiger partial charge in [-0.15, -0.1) is 20.4 Å². The fourth-order valence-corrected chi connectivity index (χ4v) is 15.6. The Bertz CT molecular complexity index is 7350. The van der Waals surface area contributed by atoms with Crippen LogP contribution >= 0.6 is 0 Å². The number of hydrogen-bond donors (Lipinski definition) is 0. The van der Waals surface area contributed by atoms with Crippen molar-refractivity contribution in [1.82, 2.24) is 64.9 Å². The zero-order valence-corrected chi connectivity index (χ0v) is 61.2. The van der Waals surface area contributed by atoms with Gasteiger partial charge in [0.05, 0.1) is 79.0 Å². The van der Waals surface area contributed by atoms with Gasteiger partial charge in [0, 0.05) is 88.9 Å². The average Bonchev–Trinajstić information content (AvgIpc) is 1.41. The number of rotatable bonds is 12. The minimum absolute atomic E-state index is 0.794. The summed E-state index contributed by atoms with van der Waals surface area (Å²) in [7, 11) is 0. The third kappa shape index (κ3) is 12.2. The number of para-hydroxylation sites is 2. The van der Waals surface area contributed by atoms with Crippen LogP contribution in [0.15, 0.2) is 382 Å². The van der Waals surface area contributed by atoms with E-state index in [2.05, 4.69) is 240 Å². The van der Waals surface area contributed by atoms with Crippen LogP contribution in [0.4, 0.5) is 0 Å². The molecule has 0 fully saturated rings. The SMILES string of the molecule is c1ccc(-c2ccc3ccc4ccc(-c5ccc6nc(-c7ccccc7)c7cc(-c8ccccc8)c8nn(-c9ccccc9)nc8c7c6c5)nc4c3n2)cc1.c1ccc(-c2nc3ccc(-c4ccc(-c5cc(-c6ccccn6)nc(-c6ccccn6)c5)cc4)cc3c3c2cc(-c2ccccc2)c2nn(-c4ccccc4)nc23)cc1. The van der Waals surface area contributed by atoms with E-state index < -0.39 is 0 Å². The van der Waals surface area contributed by atoms with E-state index in [1.165, 1.54) is 0 Å². The standard InChI is InChI=1S/C52H33N7.C49H30N6/c1-4-14-36(15-5-1)41-33-43-49(52-51(41)57-59(58-52)40-18-8-3-9-19-40)42-30-38(26-27-44(42)56-50(43)37-16-6-2-7-17-37)34-22-24-35(25-23-34)39-31-47(45-20-10-12-28-53-45)55-48(32-39)46-21-11-13-29-54-46;1-5-13-31(14-6-1)38-30-40-44(49-48(38)53-55(54-49)37-19-11-4-12-20-37)39-29-36(25-28-43(39)52-45(40)33-17-9-3-10-18-33)42-27-24-35-22-21-34-23-26-41(32-15-7-2-8-16-32)50-46(34)47(35)51-42/h1-33H;1-30H. The van der Waals surface area contributed by atoms with Crippen molar-refractivity contribution >= 4 is 87.2 Å². The van der Waals surface area contributed by atoms with Crippen molar-refractivity contribution in [3.8, 4) is 124 Å². The number of pyridine rings is 7. The molecular weight excluding hydrogens is 1400 g/mol. The molecule has 0 saturated heterocycles. The van der Waals surface area contributed by atoms with E-state index in [-0.39, 0.29) is 0 Å². The van der Waals surface area contributed by atoms with Crippen LogP contribution in [0.3, 0.4) is 0 Å². The zero-order chi connectivity index (χ0) is 75.4. The number of nitrogens with zero attached hydrogens (tertiary/aromatic N) is 13. The molecule has 9 aromatic heterocycles. The molecule has 0 aliphatic carbocycles. The van der Waals surface area contributed by atoms with Crippen molar-refractivity contribution in [2.75, 3.05) is 0 Å². The molecule has 0 bridgehead atoms. The Balaban J connectivity index is 0.000000144. The number of benzene rings is 13. The van der Waals surface area contributed by atoms with Crippen LogP contribution in [-0.2, 0) is 0 Å². The summed E-state index contributed by atoms with van der Waals surface area (Å²) in [5, 5.41) is 29.0. The second-order valence-corrected chi connectivity index (χ2v) is 28.2. The molecule has 0 aliphatic rings. The molecule has 532 valence electrons. The summed E-state index contributed by atoms with van der Waals surface area (Å²) in [5.74, 6) is 0. The predicted octanol–water partition coefficient (Wildman–Crippen LogP) is 24.2. The third-order valence-corrected chi connectivity index (χ3v) is 21.2. The first kappa shape index (κ1) is 66.5. The predicted molar refractivity (Wildman–Crippen MR) is 462 cm³/mol. The van der Waals surface area contributed by atoms with Gasteiger partial charge in [-0.2, -0.15) is 9.59 Å². The van der Waals surface area contributed by atoms with Crippen molar-refractivity contribution in [1.29, 1.82) is 0 Å². The smallest absolute Gasteiger partial charge is 0.122 e. The van der Waals surface area contributed by atoms with Gasteiger partial charge in [-0.3, -0.25) is 9.97 Å². The molecule has 13 heteroatoms. The maximum atomic E-state index is 5.36. The Kier molecular flexibility index (Phi) is 16.5. The van der Waals surface area contributed by atoms with Gasteiger partial charge in [-0.1, -0.05) is 261 Å². The van der Waals surface area contributed by atoms with Gasteiger partial charge in [0.1, 0.15) is 22.1 Å². The van der Waals surface area contributed by atoms with E-state index in [1.807, 2.05) is 140 Å². The van der Waals surface area contributed by atoms with Gasteiger partial charge in [0.15, 0.2) is 0 Å². The number of fused-ring (bicyclic) bond motifs is 13. The molecular formula is C101H63N13. The van der Waals surface area contributed by atoms with Crippen LogP contribution in [-0.4, -0.2) is 64.9 Å². The summed E-state index contributed by atoms with van der Waals surface area (Å²) in [6.45, 7) is 0. The molecule has 114 heavy (non-hydrogen) atoms. The van der Waals surface area contributed by atoms with Crippen LogP contribution in [0.5, 0.6) is 0 Å². The fraction of sp³-hybridized carbons (Fsp3) is 0. The summed E-state index contributed by atoms with van der Waals surface area (Å²) < 4.78 is 0. The monoisotopic (exact) mass is 1460 g/mol. The molecule has 0 aliphatic heterocycles. The lowest BCUT2D eigenvalue weighted by atomic mass is 9.92. The molecule has 0 amide bonds. The summed E-state index contributed by atoms with van der Waals surface area (Å²) in [6, 6.07) is 127. The van der Waals surface area contributed by atoms with Gasteiger partial charge < -0.3 is 0 Å². The van der Waals surface area contributed by atoms with Crippen LogP contribution in [0, 0.1) is 0 Å². The first-order chi connectivity index (χ1) is 56.5. The Morgan fingerprint density at radius 3 is 0.991 bits per heavy atom. The minimum atomic E-state index is 0.794. The van der Waals surface area contributed by atoms with Crippen LogP contribution in [0.1, 0.15) is 0 Å². The summed E-state index contributed by atoms with van der Waals surface area (Å²) in [4.78, 5) is 38.8. The Labute approximate surface area is 654 Å². The number of hydrogen-bond acceptors (Lipinski definition) is 11. The van der Waals surface area contributed by atoms with Gasteiger partial charge in [-0.25, -0.2) is 24.9 Å². The van der Waals surface area contributed by atoms with Gasteiger partial charge in [-0.05, 0) is 143 Å².